The van der Waals surface area contributed by atoms with Crippen molar-refractivity contribution in [2.45, 2.75) is 6.92 Å². The number of primary amides is 1. The van der Waals surface area contributed by atoms with Crippen LogP contribution in [-0.4, -0.2) is 47.7 Å². The summed E-state index contributed by atoms with van der Waals surface area (Å²) in [6.45, 7) is 1.15. The van der Waals surface area contributed by atoms with E-state index in [-0.39, 0.29) is 18.1 Å². The van der Waals surface area contributed by atoms with Crippen LogP contribution in [0.2, 0.25) is 0 Å². The highest BCUT2D eigenvalue weighted by Gasteiger charge is 2.36. The number of carbonyl (C=O) groups is 4. The number of carbonyl (C=O) groups excluding carboxylic acids is 4. The lowest BCUT2D eigenvalue weighted by Gasteiger charge is -2.10. The largest absolute Gasteiger partial charge is 0.481 e. The van der Waals surface area contributed by atoms with Crippen molar-refractivity contribution in [2.24, 2.45) is 5.73 Å². The standard InChI is InChI=1S/C16H15BrN2O6S/c1-2-24-14(21)8-25-11-4-3-10(17)5-9(11)6-12-15(22)19(7-13(18)20)16(23)26-12/h3-6H,2,7-8H2,1H3,(H2,18,20)/b12-6-. The molecule has 1 aromatic carbocycles. The zero-order valence-electron chi connectivity index (χ0n) is 13.7. The zero-order chi connectivity index (χ0) is 19.3. The maximum atomic E-state index is 12.3. The van der Waals surface area contributed by atoms with Crippen molar-refractivity contribution in [3.8, 4) is 5.75 Å². The summed E-state index contributed by atoms with van der Waals surface area (Å²) in [7, 11) is 0. The van der Waals surface area contributed by atoms with Crippen LogP contribution in [0.3, 0.4) is 0 Å². The number of ether oxygens (including phenoxy) is 2. The topological polar surface area (TPSA) is 116 Å². The molecule has 0 saturated carbocycles. The predicted octanol–water partition coefficient (Wildman–Crippen LogP) is 1.91. The fourth-order valence-corrected chi connectivity index (χ4v) is 3.24. The molecule has 26 heavy (non-hydrogen) atoms. The second-order valence-corrected chi connectivity index (χ2v) is 6.92. The van der Waals surface area contributed by atoms with Gasteiger partial charge in [-0.05, 0) is 43.0 Å². The van der Waals surface area contributed by atoms with Gasteiger partial charge in [-0.1, -0.05) is 15.9 Å². The summed E-state index contributed by atoms with van der Waals surface area (Å²) < 4.78 is 10.9. The third-order valence-electron chi connectivity index (χ3n) is 3.10. The number of hydrogen-bond acceptors (Lipinski definition) is 7. The van der Waals surface area contributed by atoms with Gasteiger partial charge < -0.3 is 15.2 Å². The summed E-state index contributed by atoms with van der Waals surface area (Å²) in [6.07, 6.45) is 1.46. The van der Waals surface area contributed by atoms with E-state index >= 15 is 0 Å². The van der Waals surface area contributed by atoms with E-state index in [4.69, 9.17) is 15.2 Å². The Kier molecular flexibility index (Phi) is 6.81. The highest BCUT2D eigenvalue weighted by Crippen LogP contribution is 2.34. The molecule has 3 amide bonds. The van der Waals surface area contributed by atoms with Crippen LogP contribution in [0.4, 0.5) is 4.79 Å². The van der Waals surface area contributed by atoms with E-state index in [1.54, 1.807) is 25.1 Å². The molecular formula is C16H15BrN2O6S. The molecule has 138 valence electrons. The Bertz CT molecular complexity index is 795. The van der Waals surface area contributed by atoms with Crippen molar-refractivity contribution in [3.63, 3.8) is 0 Å². The van der Waals surface area contributed by atoms with Crippen molar-refractivity contribution >= 4 is 56.8 Å². The fraction of sp³-hybridized carbons (Fsp3) is 0.250. The average Bonchev–Trinajstić information content (AvgIpc) is 2.81. The third-order valence-corrected chi connectivity index (χ3v) is 4.50. The summed E-state index contributed by atoms with van der Waals surface area (Å²) in [5, 5.41) is -0.580. The van der Waals surface area contributed by atoms with E-state index in [2.05, 4.69) is 15.9 Å². The van der Waals surface area contributed by atoms with Gasteiger partial charge in [-0.2, -0.15) is 0 Å². The Hall–Kier alpha value is -2.33. The number of hydrogen-bond donors (Lipinski definition) is 1. The van der Waals surface area contributed by atoms with Gasteiger partial charge in [0.2, 0.25) is 5.91 Å². The SMILES string of the molecule is CCOC(=O)COc1ccc(Br)cc1/C=C1\SC(=O)N(CC(N)=O)C1=O. The second kappa shape index (κ2) is 8.86. The van der Waals surface area contributed by atoms with Crippen LogP contribution >= 0.6 is 27.7 Å². The summed E-state index contributed by atoms with van der Waals surface area (Å²) in [5.41, 5.74) is 5.53. The quantitative estimate of drug-likeness (QED) is 0.506. The molecule has 1 heterocycles. The molecule has 0 radical (unpaired) electrons. The fourth-order valence-electron chi connectivity index (χ4n) is 2.04. The van der Waals surface area contributed by atoms with Crippen LogP contribution in [0.15, 0.2) is 27.6 Å². The number of esters is 1. The smallest absolute Gasteiger partial charge is 0.344 e. The molecule has 0 bridgehead atoms. The van der Waals surface area contributed by atoms with E-state index < -0.39 is 29.6 Å². The molecular weight excluding hydrogens is 428 g/mol. The minimum Gasteiger partial charge on any atom is -0.481 e. The first kappa shape index (κ1) is 20.0. The van der Waals surface area contributed by atoms with Crippen molar-refractivity contribution in [1.82, 2.24) is 4.90 Å². The summed E-state index contributed by atoms with van der Waals surface area (Å²) in [4.78, 5) is 47.5. The Morgan fingerprint density at radius 1 is 1.35 bits per heavy atom. The van der Waals surface area contributed by atoms with Crippen LogP contribution in [-0.2, 0) is 19.1 Å². The number of thioether (sulfide) groups is 1. The molecule has 10 heteroatoms. The molecule has 8 nitrogen and oxygen atoms in total. The van der Waals surface area contributed by atoms with Gasteiger partial charge in [-0.25, -0.2) is 4.79 Å². The molecule has 1 fully saturated rings. The van der Waals surface area contributed by atoms with Crippen LogP contribution in [0.5, 0.6) is 5.75 Å². The molecule has 0 aliphatic carbocycles. The van der Waals surface area contributed by atoms with Crippen molar-refractivity contribution in [3.05, 3.63) is 33.1 Å². The molecule has 0 spiro atoms. The highest BCUT2D eigenvalue weighted by molar-refractivity contribution is 9.10. The molecule has 0 unspecified atom stereocenters. The minimum absolute atomic E-state index is 0.121. The lowest BCUT2D eigenvalue weighted by Crippen LogP contribution is -2.36. The molecule has 1 aliphatic heterocycles. The van der Waals surface area contributed by atoms with Gasteiger partial charge in [0.05, 0.1) is 11.5 Å². The molecule has 1 aliphatic rings. The van der Waals surface area contributed by atoms with Crippen LogP contribution in [0.25, 0.3) is 6.08 Å². The van der Waals surface area contributed by atoms with Crippen LogP contribution in [0, 0.1) is 0 Å². The van der Waals surface area contributed by atoms with Gasteiger partial charge in [0.1, 0.15) is 12.3 Å². The lowest BCUT2D eigenvalue weighted by molar-refractivity contribution is -0.145. The number of rotatable bonds is 7. The lowest BCUT2D eigenvalue weighted by atomic mass is 10.2. The molecule has 2 N–H and O–H groups in total. The number of imide groups is 1. The number of nitrogens with zero attached hydrogens (tertiary/aromatic N) is 1. The Labute approximate surface area is 161 Å². The Morgan fingerprint density at radius 2 is 2.08 bits per heavy atom. The van der Waals surface area contributed by atoms with Gasteiger partial charge in [-0.3, -0.25) is 19.3 Å². The second-order valence-electron chi connectivity index (χ2n) is 5.01. The first-order valence-corrected chi connectivity index (χ1v) is 9.04. The molecule has 1 saturated heterocycles. The molecule has 0 atom stereocenters. The van der Waals surface area contributed by atoms with Gasteiger partial charge in [-0.15, -0.1) is 0 Å². The van der Waals surface area contributed by atoms with Crippen LogP contribution < -0.4 is 10.5 Å². The monoisotopic (exact) mass is 442 g/mol. The van der Waals surface area contributed by atoms with Gasteiger partial charge >= 0.3 is 5.97 Å². The van der Waals surface area contributed by atoms with Crippen molar-refractivity contribution in [1.29, 1.82) is 0 Å². The molecule has 0 aromatic heterocycles. The van der Waals surface area contributed by atoms with E-state index in [0.717, 1.165) is 4.90 Å². The first-order chi connectivity index (χ1) is 12.3. The normalized spacial score (nSPS) is 15.5. The number of halogens is 1. The molecule has 2 rings (SSSR count). The average molecular weight is 443 g/mol. The maximum absolute atomic E-state index is 12.3. The van der Waals surface area contributed by atoms with Gasteiger partial charge in [0, 0.05) is 10.0 Å². The third kappa shape index (κ3) is 5.09. The Balaban J connectivity index is 2.25. The van der Waals surface area contributed by atoms with Crippen molar-refractivity contribution in [2.75, 3.05) is 19.8 Å². The van der Waals surface area contributed by atoms with Crippen molar-refractivity contribution < 1.29 is 28.7 Å². The first-order valence-electron chi connectivity index (χ1n) is 7.43. The van der Waals surface area contributed by atoms with E-state index in [1.165, 1.54) is 6.08 Å². The molecule has 1 aromatic rings. The van der Waals surface area contributed by atoms with E-state index in [1.807, 2.05) is 0 Å². The maximum Gasteiger partial charge on any atom is 0.344 e. The van der Waals surface area contributed by atoms with E-state index in [9.17, 15) is 19.2 Å². The summed E-state index contributed by atoms with van der Waals surface area (Å²) >= 11 is 4.01. The summed E-state index contributed by atoms with van der Waals surface area (Å²) in [5.74, 6) is -1.59. The van der Waals surface area contributed by atoms with E-state index in [0.29, 0.717) is 27.5 Å². The Morgan fingerprint density at radius 3 is 2.73 bits per heavy atom. The number of benzene rings is 1. The number of amides is 3. The van der Waals surface area contributed by atoms with Crippen LogP contribution in [0.1, 0.15) is 12.5 Å². The zero-order valence-corrected chi connectivity index (χ0v) is 16.1. The number of nitrogens with two attached hydrogens (primary N) is 1. The predicted molar refractivity (Wildman–Crippen MR) is 98.1 cm³/mol. The van der Waals surface area contributed by atoms with Gasteiger partial charge in [0.25, 0.3) is 11.1 Å². The minimum atomic E-state index is -0.783. The van der Waals surface area contributed by atoms with Gasteiger partial charge in [0.15, 0.2) is 6.61 Å². The summed E-state index contributed by atoms with van der Waals surface area (Å²) in [6, 6.07) is 4.99. The highest BCUT2D eigenvalue weighted by atomic mass is 79.9.